The molecular weight excluding hydrogens is 150 g/mol. The summed E-state index contributed by atoms with van der Waals surface area (Å²) >= 11 is 0. The standard InChI is InChI=1S/C10H13NO/c1-2-4-9(5-3-1)10-8-11-6-7-12-10/h1-5,10-11H,6-8H2/t10-/m1/s1/i1D,4D. The zero-order chi connectivity index (χ0) is 9.97. The molecule has 1 aliphatic heterocycles. The van der Waals surface area contributed by atoms with Crippen molar-refractivity contribution in [3.63, 3.8) is 0 Å². The zero-order valence-corrected chi connectivity index (χ0v) is 6.84. The third-order valence-corrected chi connectivity index (χ3v) is 1.96. The lowest BCUT2D eigenvalue weighted by molar-refractivity contribution is 0.0277. The van der Waals surface area contributed by atoms with E-state index >= 15 is 0 Å². The van der Waals surface area contributed by atoms with Crippen LogP contribution in [0.4, 0.5) is 0 Å². The van der Waals surface area contributed by atoms with E-state index in [2.05, 4.69) is 5.32 Å². The van der Waals surface area contributed by atoms with Crippen LogP contribution in [0.3, 0.4) is 0 Å². The molecule has 0 bridgehead atoms. The second-order valence-electron chi connectivity index (χ2n) is 2.81. The molecule has 0 aliphatic carbocycles. The molecule has 2 rings (SSSR count). The van der Waals surface area contributed by atoms with Crippen LogP contribution < -0.4 is 5.32 Å². The van der Waals surface area contributed by atoms with Crippen LogP contribution in [0.5, 0.6) is 0 Å². The van der Waals surface area contributed by atoms with Crippen LogP contribution in [0.2, 0.25) is 0 Å². The highest BCUT2D eigenvalue weighted by atomic mass is 16.5. The van der Waals surface area contributed by atoms with Gasteiger partial charge in [-0.2, -0.15) is 0 Å². The van der Waals surface area contributed by atoms with Crippen LogP contribution in [0.1, 0.15) is 14.4 Å². The van der Waals surface area contributed by atoms with Crippen LogP contribution in [0.25, 0.3) is 0 Å². The minimum absolute atomic E-state index is 0.0307. The Morgan fingerprint density at radius 3 is 3.33 bits per heavy atom. The molecule has 12 heavy (non-hydrogen) atoms. The molecule has 0 aromatic heterocycles. The highest BCUT2D eigenvalue weighted by Crippen LogP contribution is 2.17. The Bertz CT molecular complexity index is 324. The fourth-order valence-corrected chi connectivity index (χ4v) is 1.32. The normalized spacial score (nSPS) is 26.2. The van der Waals surface area contributed by atoms with Gasteiger partial charge in [0.25, 0.3) is 0 Å². The number of nitrogens with one attached hydrogen (secondary N) is 1. The van der Waals surface area contributed by atoms with E-state index in [1.54, 1.807) is 12.1 Å². The molecule has 0 spiro atoms. The first-order valence-electron chi connectivity index (χ1n) is 5.17. The van der Waals surface area contributed by atoms with Crippen LogP contribution >= 0.6 is 0 Å². The summed E-state index contributed by atoms with van der Waals surface area (Å²) in [6, 6.07) is 5.83. The van der Waals surface area contributed by atoms with Crippen molar-refractivity contribution in [1.82, 2.24) is 5.32 Å². The number of rotatable bonds is 1. The summed E-state index contributed by atoms with van der Waals surface area (Å²) in [5.74, 6) is 0. The maximum absolute atomic E-state index is 7.72. The van der Waals surface area contributed by atoms with Crippen molar-refractivity contribution >= 4 is 0 Å². The van der Waals surface area contributed by atoms with E-state index in [1.165, 1.54) is 0 Å². The number of benzene rings is 1. The Balaban J connectivity index is 2.22. The lowest BCUT2D eigenvalue weighted by Gasteiger charge is -2.23. The molecule has 1 aromatic rings. The van der Waals surface area contributed by atoms with E-state index in [0.29, 0.717) is 18.7 Å². The first kappa shape index (κ1) is 5.73. The van der Waals surface area contributed by atoms with Crippen molar-refractivity contribution < 1.29 is 7.48 Å². The van der Waals surface area contributed by atoms with Crippen LogP contribution in [0, 0.1) is 0 Å². The molecule has 1 saturated heterocycles. The van der Waals surface area contributed by atoms with Crippen LogP contribution in [-0.4, -0.2) is 19.7 Å². The molecule has 2 heteroatoms. The van der Waals surface area contributed by atoms with Crippen molar-refractivity contribution in [2.45, 2.75) is 6.10 Å². The van der Waals surface area contributed by atoms with E-state index in [4.69, 9.17) is 7.48 Å². The quantitative estimate of drug-likeness (QED) is 0.678. The van der Waals surface area contributed by atoms with Gasteiger partial charge in [-0.05, 0) is 5.56 Å². The smallest absolute Gasteiger partial charge is 0.0949 e. The predicted octanol–water partition coefficient (Wildman–Crippen LogP) is 1.35. The Morgan fingerprint density at radius 2 is 2.58 bits per heavy atom. The van der Waals surface area contributed by atoms with Gasteiger partial charge in [0, 0.05) is 13.1 Å². The molecule has 1 N–H and O–H groups in total. The van der Waals surface area contributed by atoms with Gasteiger partial charge in [-0.1, -0.05) is 30.3 Å². The molecule has 0 unspecified atom stereocenters. The molecule has 1 aromatic carbocycles. The van der Waals surface area contributed by atoms with Gasteiger partial charge in [-0.15, -0.1) is 0 Å². The molecule has 64 valence electrons. The minimum Gasteiger partial charge on any atom is -0.371 e. The fourth-order valence-electron chi connectivity index (χ4n) is 1.32. The minimum atomic E-state index is -0.0307. The Hall–Kier alpha value is -0.860. The Kier molecular flexibility index (Phi) is 1.76. The van der Waals surface area contributed by atoms with E-state index in [1.807, 2.05) is 6.07 Å². The maximum atomic E-state index is 7.72. The lowest BCUT2D eigenvalue weighted by Crippen LogP contribution is -2.33. The fraction of sp³-hybridized carbons (Fsp3) is 0.400. The van der Waals surface area contributed by atoms with Gasteiger partial charge in [0.1, 0.15) is 0 Å². The van der Waals surface area contributed by atoms with Gasteiger partial charge in [-0.3, -0.25) is 0 Å². The summed E-state index contributed by atoms with van der Waals surface area (Å²) in [7, 11) is 0. The van der Waals surface area contributed by atoms with E-state index < -0.39 is 0 Å². The third kappa shape index (κ3) is 1.65. The van der Waals surface area contributed by atoms with Crippen LogP contribution in [0.15, 0.2) is 30.3 Å². The number of hydrogen-bond donors (Lipinski definition) is 1. The van der Waals surface area contributed by atoms with Gasteiger partial charge in [0.2, 0.25) is 0 Å². The molecule has 2 nitrogen and oxygen atoms in total. The van der Waals surface area contributed by atoms with Gasteiger partial charge in [-0.25, -0.2) is 0 Å². The van der Waals surface area contributed by atoms with Crippen molar-refractivity contribution in [2.75, 3.05) is 19.7 Å². The average molecular weight is 165 g/mol. The Labute approximate surface area is 75.4 Å². The molecule has 0 saturated carbocycles. The monoisotopic (exact) mass is 165 g/mol. The van der Waals surface area contributed by atoms with E-state index in [-0.39, 0.29) is 6.10 Å². The summed E-state index contributed by atoms with van der Waals surface area (Å²) in [6.45, 7) is 2.32. The third-order valence-electron chi connectivity index (χ3n) is 1.96. The highest BCUT2D eigenvalue weighted by molar-refractivity contribution is 5.18. The average Bonchev–Trinajstić information content (AvgIpc) is 2.19. The van der Waals surface area contributed by atoms with Crippen molar-refractivity contribution in [3.8, 4) is 0 Å². The summed E-state index contributed by atoms with van der Waals surface area (Å²) in [5.41, 5.74) is 0.869. The number of ether oxygens (including phenoxy) is 1. The maximum Gasteiger partial charge on any atom is 0.0949 e. The lowest BCUT2D eigenvalue weighted by atomic mass is 10.1. The summed E-state index contributed by atoms with van der Waals surface area (Å²) < 4.78 is 20.6. The predicted molar refractivity (Wildman–Crippen MR) is 48.0 cm³/mol. The summed E-state index contributed by atoms with van der Waals surface area (Å²) in [4.78, 5) is 0. The molecule has 1 atom stereocenters. The molecule has 1 heterocycles. The first-order chi connectivity index (χ1) is 6.77. The molecule has 1 fully saturated rings. The molecule has 0 amide bonds. The van der Waals surface area contributed by atoms with E-state index in [0.717, 1.165) is 18.7 Å². The second-order valence-corrected chi connectivity index (χ2v) is 2.81. The molecular formula is C10H13NO. The van der Waals surface area contributed by atoms with Gasteiger partial charge in [0.15, 0.2) is 0 Å². The van der Waals surface area contributed by atoms with E-state index in [9.17, 15) is 0 Å². The zero-order valence-electron chi connectivity index (χ0n) is 8.84. The Morgan fingerprint density at radius 1 is 1.58 bits per heavy atom. The van der Waals surface area contributed by atoms with Gasteiger partial charge < -0.3 is 10.1 Å². The largest absolute Gasteiger partial charge is 0.371 e. The van der Waals surface area contributed by atoms with Gasteiger partial charge >= 0.3 is 0 Å². The summed E-state index contributed by atoms with van der Waals surface area (Å²) in [5, 5.41) is 3.22. The van der Waals surface area contributed by atoms with Crippen molar-refractivity contribution in [2.24, 2.45) is 0 Å². The SMILES string of the molecule is [2H]c1ccc([C@H]2CNCCO2)c([2H])c1. The second kappa shape index (κ2) is 3.70. The van der Waals surface area contributed by atoms with Crippen LogP contribution in [-0.2, 0) is 4.74 Å². The molecule has 0 radical (unpaired) electrons. The van der Waals surface area contributed by atoms with Gasteiger partial charge in [0.05, 0.1) is 15.5 Å². The first-order valence-corrected chi connectivity index (χ1v) is 4.17. The van der Waals surface area contributed by atoms with Crippen molar-refractivity contribution in [3.05, 3.63) is 35.8 Å². The highest BCUT2D eigenvalue weighted by Gasteiger charge is 2.14. The molecule has 1 aliphatic rings. The number of morpholine rings is 1. The topological polar surface area (TPSA) is 21.3 Å². The van der Waals surface area contributed by atoms with Crippen molar-refractivity contribution in [1.29, 1.82) is 0 Å². The summed E-state index contributed by atoms with van der Waals surface area (Å²) in [6.07, 6.45) is -0.0307. The number of hydrogen-bond acceptors (Lipinski definition) is 2.